The number of hydrogen-bond donors (Lipinski definition) is 1. The van der Waals surface area contributed by atoms with Gasteiger partial charge in [-0.25, -0.2) is 0 Å². The van der Waals surface area contributed by atoms with E-state index in [1.54, 1.807) is 6.20 Å². The molecule has 0 spiro atoms. The molecule has 5 aromatic carbocycles. The molecular formula is C43H37N3. The third-order valence-corrected chi connectivity index (χ3v) is 9.87. The number of para-hydroxylation sites is 1. The molecule has 0 fully saturated rings. The smallest absolute Gasteiger partial charge is 0.115 e. The van der Waals surface area contributed by atoms with E-state index in [2.05, 4.69) is 146 Å². The van der Waals surface area contributed by atoms with Crippen molar-refractivity contribution < 1.29 is 0 Å². The Morgan fingerprint density at radius 1 is 0.761 bits per heavy atom. The van der Waals surface area contributed by atoms with Crippen molar-refractivity contribution in [3.63, 3.8) is 0 Å². The minimum atomic E-state index is -0.0683. The number of hydrogen-bond acceptors (Lipinski definition) is 2. The summed E-state index contributed by atoms with van der Waals surface area (Å²) in [7, 11) is 0. The van der Waals surface area contributed by atoms with Crippen LogP contribution in [0.15, 0.2) is 145 Å². The third kappa shape index (κ3) is 4.62. The Labute approximate surface area is 270 Å². The third-order valence-electron chi connectivity index (χ3n) is 9.87. The molecule has 0 saturated carbocycles. The van der Waals surface area contributed by atoms with Crippen LogP contribution in [0.5, 0.6) is 0 Å². The van der Waals surface area contributed by atoms with Crippen LogP contribution in [0, 0.1) is 0 Å². The minimum Gasteiger partial charge on any atom is -0.405 e. The maximum absolute atomic E-state index is 5.99. The van der Waals surface area contributed by atoms with Crippen molar-refractivity contribution in [2.24, 2.45) is 10.7 Å². The largest absolute Gasteiger partial charge is 0.405 e. The molecule has 1 heterocycles. The van der Waals surface area contributed by atoms with E-state index in [1.165, 1.54) is 60.8 Å². The van der Waals surface area contributed by atoms with Crippen molar-refractivity contribution in [1.82, 2.24) is 4.57 Å². The summed E-state index contributed by atoms with van der Waals surface area (Å²) in [4.78, 5) is 5.20. The van der Waals surface area contributed by atoms with Gasteiger partial charge in [-0.1, -0.05) is 117 Å². The van der Waals surface area contributed by atoms with E-state index >= 15 is 0 Å². The van der Waals surface area contributed by atoms with Crippen molar-refractivity contribution in [3.8, 4) is 22.3 Å². The Morgan fingerprint density at radius 2 is 1.57 bits per heavy atom. The zero-order valence-electron chi connectivity index (χ0n) is 26.4. The summed E-state index contributed by atoms with van der Waals surface area (Å²) in [5, 5.41) is 2.51. The summed E-state index contributed by atoms with van der Waals surface area (Å²) in [6.45, 7) is 5.16. The molecule has 0 aliphatic heterocycles. The minimum absolute atomic E-state index is 0.0683. The predicted molar refractivity (Wildman–Crippen MR) is 195 cm³/mol. The van der Waals surface area contributed by atoms with Crippen LogP contribution in [0.25, 0.3) is 49.6 Å². The molecule has 0 radical (unpaired) electrons. The van der Waals surface area contributed by atoms with E-state index in [9.17, 15) is 0 Å². The monoisotopic (exact) mass is 595 g/mol. The number of aromatic nitrogens is 1. The topological polar surface area (TPSA) is 43.3 Å². The highest BCUT2D eigenvalue weighted by atomic mass is 15.1. The molecular weight excluding hydrogens is 558 g/mol. The fourth-order valence-electron chi connectivity index (χ4n) is 7.45. The number of fused-ring (bicyclic) bond motifs is 6. The van der Waals surface area contributed by atoms with Gasteiger partial charge in [-0.2, -0.15) is 0 Å². The SMILES string of the molecule is CC1(C)c2ccccc2-c2cc3c4ccccc4n(CN=C(/C=C\N)c4cccc(-c5ccc(C6=CC=CCC6)cc5)c4)c3cc21. The highest BCUT2D eigenvalue weighted by Crippen LogP contribution is 2.50. The highest BCUT2D eigenvalue weighted by molar-refractivity contribution is 6.11. The van der Waals surface area contributed by atoms with Crippen LogP contribution in [0.3, 0.4) is 0 Å². The Kier molecular flexibility index (Phi) is 6.83. The molecule has 3 heteroatoms. The van der Waals surface area contributed by atoms with Gasteiger partial charge >= 0.3 is 0 Å². The lowest BCUT2D eigenvalue weighted by Gasteiger charge is -2.21. The van der Waals surface area contributed by atoms with Gasteiger partial charge in [0.25, 0.3) is 0 Å². The van der Waals surface area contributed by atoms with E-state index in [0.717, 1.165) is 29.7 Å². The van der Waals surface area contributed by atoms with Gasteiger partial charge in [-0.3, -0.25) is 4.99 Å². The molecule has 0 saturated heterocycles. The number of rotatable bonds is 6. The summed E-state index contributed by atoms with van der Waals surface area (Å²) in [5.41, 5.74) is 20.7. The van der Waals surface area contributed by atoms with E-state index in [0.29, 0.717) is 6.67 Å². The summed E-state index contributed by atoms with van der Waals surface area (Å²) >= 11 is 0. The Morgan fingerprint density at radius 3 is 2.39 bits per heavy atom. The molecule has 0 atom stereocenters. The molecule has 3 nitrogen and oxygen atoms in total. The van der Waals surface area contributed by atoms with Crippen molar-refractivity contribution in [1.29, 1.82) is 0 Å². The highest BCUT2D eigenvalue weighted by Gasteiger charge is 2.36. The first-order valence-electron chi connectivity index (χ1n) is 16.2. The first-order chi connectivity index (χ1) is 22.5. The van der Waals surface area contributed by atoms with Gasteiger partial charge in [0.15, 0.2) is 0 Å². The molecule has 2 N–H and O–H groups in total. The molecule has 1 aromatic heterocycles. The van der Waals surface area contributed by atoms with Gasteiger partial charge in [0.1, 0.15) is 6.67 Å². The second kappa shape index (κ2) is 11.2. The maximum atomic E-state index is 5.99. The second-order valence-corrected chi connectivity index (χ2v) is 12.9. The predicted octanol–water partition coefficient (Wildman–Crippen LogP) is 10.4. The zero-order chi connectivity index (χ0) is 31.3. The fraction of sp³-hybridized carbons (Fsp3) is 0.140. The van der Waals surface area contributed by atoms with Crippen molar-refractivity contribution in [3.05, 3.63) is 162 Å². The molecule has 46 heavy (non-hydrogen) atoms. The summed E-state index contributed by atoms with van der Waals surface area (Å²) < 4.78 is 2.35. The quantitative estimate of drug-likeness (QED) is 0.191. The lowest BCUT2D eigenvalue weighted by atomic mass is 9.82. The molecule has 6 aromatic rings. The van der Waals surface area contributed by atoms with Crippen molar-refractivity contribution in [2.45, 2.75) is 38.8 Å². The molecule has 224 valence electrons. The van der Waals surface area contributed by atoms with Crippen LogP contribution in [0.1, 0.15) is 48.9 Å². The number of aliphatic imine (C=N–C) groups is 1. The van der Waals surface area contributed by atoms with Crippen LogP contribution in [0.4, 0.5) is 0 Å². The van der Waals surface area contributed by atoms with Crippen LogP contribution < -0.4 is 5.73 Å². The average Bonchev–Trinajstić information content (AvgIpc) is 3.54. The molecule has 0 amide bonds. The van der Waals surface area contributed by atoms with E-state index in [4.69, 9.17) is 10.7 Å². The zero-order valence-corrected chi connectivity index (χ0v) is 26.4. The molecule has 8 rings (SSSR count). The molecule has 2 aliphatic rings. The Balaban J connectivity index is 1.18. The number of allylic oxidation sites excluding steroid dienone is 5. The first kappa shape index (κ1) is 28.1. The van der Waals surface area contributed by atoms with Crippen LogP contribution in [0.2, 0.25) is 0 Å². The van der Waals surface area contributed by atoms with Gasteiger partial charge in [-0.15, -0.1) is 0 Å². The summed E-state index contributed by atoms with van der Waals surface area (Å²) in [6.07, 6.45) is 12.3. The van der Waals surface area contributed by atoms with E-state index in [1.807, 2.05) is 6.08 Å². The molecule has 0 bridgehead atoms. The fourth-order valence-corrected chi connectivity index (χ4v) is 7.45. The van der Waals surface area contributed by atoms with E-state index in [-0.39, 0.29) is 5.41 Å². The summed E-state index contributed by atoms with van der Waals surface area (Å²) in [5.74, 6) is 0. The Hall–Kier alpha value is -5.41. The number of benzene rings is 5. The van der Waals surface area contributed by atoms with Crippen molar-refractivity contribution in [2.75, 3.05) is 0 Å². The van der Waals surface area contributed by atoms with E-state index < -0.39 is 0 Å². The molecule has 2 aliphatic carbocycles. The van der Waals surface area contributed by atoms with Gasteiger partial charge in [0.2, 0.25) is 0 Å². The number of nitrogens with zero attached hydrogens (tertiary/aromatic N) is 2. The van der Waals surface area contributed by atoms with Crippen molar-refractivity contribution >= 4 is 33.1 Å². The van der Waals surface area contributed by atoms with Gasteiger partial charge in [0.05, 0.1) is 16.7 Å². The van der Waals surface area contributed by atoms with Crippen LogP contribution >= 0.6 is 0 Å². The van der Waals surface area contributed by atoms with Crippen LogP contribution in [-0.4, -0.2) is 10.3 Å². The van der Waals surface area contributed by atoms with Crippen LogP contribution in [-0.2, 0) is 12.1 Å². The summed E-state index contributed by atoms with van der Waals surface area (Å²) in [6, 6.07) is 39.9. The standard InChI is InChI=1S/C43H37N3/c1-43(2)38-17-8-6-15-34(38)36-26-37-35-16-7-9-18-41(35)46(42(37)27-39(36)43)28-45-40(23-24-44)33-14-10-13-32(25-33)31-21-19-30(20-22-31)29-11-4-3-5-12-29/h3-4,6-11,13-27H,5,12,28,44H2,1-2H3/b24-23-,45-40?. The lowest BCUT2D eigenvalue weighted by molar-refractivity contribution is 0.660. The average molecular weight is 596 g/mol. The normalized spacial score (nSPS) is 15.4. The molecule has 0 unspecified atom stereocenters. The maximum Gasteiger partial charge on any atom is 0.115 e. The lowest BCUT2D eigenvalue weighted by Crippen LogP contribution is -2.15. The number of nitrogens with two attached hydrogens (primary N) is 1. The van der Waals surface area contributed by atoms with Gasteiger partial charge < -0.3 is 10.3 Å². The Bertz CT molecular complexity index is 2250. The van der Waals surface area contributed by atoms with Gasteiger partial charge in [0, 0.05) is 21.8 Å². The second-order valence-electron chi connectivity index (χ2n) is 12.9. The van der Waals surface area contributed by atoms with Gasteiger partial charge in [-0.05, 0) is 93.9 Å². The first-order valence-corrected chi connectivity index (χ1v) is 16.2.